The second-order valence-electron chi connectivity index (χ2n) is 6.17. The van der Waals surface area contributed by atoms with Crippen molar-refractivity contribution in [1.82, 2.24) is 19.9 Å². The molecule has 0 N–H and O–H groups in total. The summed E-state index contributed by atoms with van der Waals surface area (Å²) >= 11 is 0. The largest absolute Gasteiger partial charge is 0.497 e. The number of rotatable bonds is 5. The van der Waals surface area contributed by atoms with Gasteiger partial charge in [-0.05, 0) is 31.3 Å². The van der Waals surface area contributed by atoms with E-state index >= 15 is 0 Å². The molecule has 0 unspecified atom stereocenters. The molecule has 134 valence electrons. The number of aromatic nitrogens is 2. The Kier molecular flexibility index (Phi) is 5.18. The maximum Gasteiger partial charge on any atom is 0.324 e. The van der Waals surface area contributed by atoms with Crippen LogP contribution in [0.3, 0.4) is 0 Å². The highest BCUT2D eigenvalue weighted by Crippen LogP contribution is 2.22. The highest BCUT2D eigenvalue weighted by atomic mass is 16.5. The van der Waals surface area contributed by atoms with Crippen LogP contribution in [0.2, 0.25) is 0 Å². The van der Waals surface area contributed by atoms with E-state index in [1.54, 1.807) is 19.1 Å². The Bertz CT molecular complexity index is 707. The van der Waals surface area contributed by atoms with Gasteiger partial charge in [-0.15, -0.1) is 0 Å². The van der Waals surface area contributed by atoms with Crippen LogP contribution in [0.5, 0.6) is 5.75 Å². The Hall–Kier alpha value is -2.61. The Labute approximate surface area is 147 Å². The lowest BCUT2D eigenvalue weighted by Crippen LogP contribution is -2.49. The van der Waals surface area contributed by atoms with Gasteiger partial charge in [0.2, 0.25) is 11.7 Å². The molecule has 8 nitrogen and oxygen atoms in total. The number of carbonyl (C=O) groups is 1. The summed E-state index contributed by atoms with van der Waals surface area (Å²) in [5, 5.41) is 3.99. The molecule has 1 saturated heterocycles. The molecule has 3 rings (SSSR count). The molecule has 0 bridgehead atoms. The van der Waals surface area contributed by atoms with Crippen LogP contribution in [0.25, 0.3) is 11.4 Å². The van der Waals surface area contributed by atoms with Gasteiger partial charge in [0.25, 0.3) is 0 Å². The number of amides is 1. The normalized spacial score (nSPS) is 15.2. The number of hydrogen-bond acceptors (Lipinski definition) is 7. The first-order valence-electron chi connectivity index (χ1n) is 8.22. The van der Waals surface area contributed by atoms with E-state index in [4.69, 9.17) is 9.26 Å². The Morgan fingerprint density at radius 1 is 1.24 bits per heavy atom. The fourth-order valence-electron chi connectivity index (χ4n) is 2.65. The second-order valence-corrected chi connectivity index (χ2v) is 6.17. The first kappa shape index (κ1) is 17.2. The molecule has 1 fully saturated rings. The standard InChI is InChI=1S/C17H23N5O3/c1-20-8-10-22(11-9-20)15(23)12-21(2)17-18-16(19-25-17)13-4-6-14(24-3)7-5-13/h4-7H,8-12H2,1-3H3. The average Bonchev–Trinajstić information content (AvgIpc) is 3.12. The molecule has 8 heteroatoms. The number of hydrogen-bond donors (Lipinski definition) is 0. The molecule has 0 saturated carbocycles. The Morgan fingerprint density at radius 3 is 2.56 bits per heavy atom. The summed E-state index contributed by atoms with van der Waals surface area (Å²) in [7, 11) is 5.46. The SMILES string of the molecule is COc1ccc(-c2noc(N(C)CC(=O)N3CCN(C)CC3)n2)cc1. The number of benzene rings is 1. The monoisotopic (exact) mass is 345 g/mol. The van der Waals surface area contributed by atoms with Gasteiger partial charge < -0.3 is 24.0 Å². The van der Waals surface area contributed by atoms with Crippen molar-refractivity contribution in [3.63, 3.8) is 0 Å². The minimum Gasteiger partial charge on any atom is -0.497 e. The minimum atomic E-state index is 0.0693. The van der Waals surface area contributed by atoms with Crippen molar-refractivity contribution in [2.75, 3.05) is 58.8 Å². The summed E-state index contributed by atoms with van der Waals surface area (Å²) < 4.78 is 10.4. The highest BCUT2D eigenvalue weighted by Gasteiger charge is 2.22. The van der Waals surface area contributed by atoms with Crippen molar-refractivity contribution in [3.05, 3.63) is 24.3 Å². The van der Waals surface area contributed by atoms with Crippen LogP contribution >= 0.6 is 0 Å². The molecule has 0 aliphatic carbocycles. The molecular weight excluding hydrogens is 322 g/mol. The van der Waals surface area contributed by atoms with E-state index < -0.39 is 0 Å². The minimum absolute atomic E-state index is 0.0693. The molecule has 1 aliphatic heterocycles. The van der Waals surface area contributed by atoms with Crippen molar-refractivity contribution in [3.8, 4) is 17.1 Å². The molecule has 0 atom stereocenters. The molecule has 2 heterocycles. The van der Waals surface area contributed by atoms with Crippen LogP contribution in [0, 0.1) is 0 Å². The third kappa shape index (κ3) is 4.08. The molecule has 1 amide bonds. The fourth-order valence-corrected chi connectivity index (χ4v) is 2.65. The van der Waals surface area contributed by atoms with E-state index in [0.29, 0.717) is 11.8 Å². The van der Waals surface area contributed by atoms with Crippen molar-refractivity contribution >= 4 is 11.9 Å². The predicted octanol–water partition coefficient (Wildman–Crippen LogP) is 0.955. The number of piperazine rings is 1. The second kappa shape index (κ2) is 7.52. The summed E-state index contributed by atoms with van der Waals surface area (Å²) in [6.07, 6.45) is 0. The van der Waals surface area contributed by atoms with E-state index in [1.807, 2.05) is 29.2 Å². The van der Waals surface area contributed by atoms with Gasteiger partial charge in [-0.2, -0.15) is 4.98 Å². The van der Waals surface area contributed by atoms with Crippen molar-refractivity contribution in [2.45, 2.75) is 0 Å². The average molecular weight is 345 g/mol. The molecule has 2 aromatic rings. The van der Waals surface area contributed by atoms with Gasteiger partial charge in [0.05, 0.1) is 7.11 Å². The van der Waals surface area contributed by atoms with E-state index in [9.17, 15) is 4.79 Å². The molecule has 1 aliphatic rings. The van der Waals surface area contributed by atoms with Crippen molar-refractivity contribution in [2.24, 2.45) is 0 Å². The van der Waals surface area contributed by atoms with Crippen LogP contribution in [0.1, 0.15) is 0 Å². The fraction of sp³-hybridized carbons (Fsp3) is 0.471. The number of likely N-dealkylation sites (N-methyl/N-ethyl adjacent to an activating group) is 2. The number of ether oxygens (including phenoxy) is 1. The van der Waals surface area contributed by atoms with Crippen LogP contribution in [0.4, 0.5) is 6.01 Å². The third-order valence-corrected chi connectivity index (χ3v) is 4.32. The number of anilines is 1. The molecule has 1 aromatic carbocycles. The van der Waals surface area contributed by atoms with Gasteiger partial charge in [-0.1, -0.05) is 5.16 Å². The Balaban J connectivity index is 1.61. The van der Waals surface area contributed by atoms with Gasteiger partial charge in [-0.3, -0.25) is 4.79 Å². The molecule has 25 heavy (non-hydrogen) atoms. The maximum atomic E-state index is 12.4. The third-order valence-electron chi connectivity index (χ3n) is 4.32. The van der Waals surface area contributed by atoms with E-state index in [1.165, 1.54) is 0 Å². The predicted molar refractivity (Wildman–Crippen MR) is 93.6 cm³/mol. The van der Waals surface area contributed by atoms with E-state index in [2.05, 4.69) is 22.1 Å². The first-order chi connectivity index (χ1) is 12.1. The van der Waals surface area contributed by atoms with Gasteiger partial charge in [0.1, 0.15) is 12.3 Å². The van der Waals surface area contributed by atoms with E-state index in [-0.39, 0.29) is 12.5 Å². The summed E-state index contributed by atoms with van der Waals surface area (Å²) in [6, 6.07) is 7.73. The van der Waals surface area contributed by atoms with Crippen LogP contribution in [0.15, 0.2) is 28.8 Å². The molecule has 1 aromatic heterocycles. The van der Waals surface area contributed by atoms with Crippen molar-refractivity contribution < 1.29 is 14.1 Å². The highest BCUT2D eigenvalue weighted by molar-refractivity contribution is 5.80. The van der Waals surface area contributed by atoms with Crippen LogP contribution < -0.4 is 9.64 Å². The lowest BCUT2D eigenvalue weighted by molar-refractivity contribution is -0.131. The van der Waals surface area contributed by atoms with Crippen LogP contribution in [-0.2, 0) is 4.79 Å². The topological polar surface area (TPSA) is 74.9 Å². The van der Waals surface area contributed by atoms with E-state index in [0.717, 1.165) is 37.5 Å². The van der Waals surface area contributed by atoms with Gasteiger partial charge in [0.15, 0.2) is 0 Å². The smallest absolute Gasteiger partial charge is 0.324 e. The number of methoxy groups -OCH3 is 1. The van der Waals surface area contributed by atoms with Gasteiger partial charge >= 0.3 is 6.01 Å². The lowest BCUT2D eigenvalue weighted by atomic mass is 10.2. The van der Waals surface area contributed by atoms with Crippen LogP contribution in [-0.4, -0.2) is 79.8 Å². The number of nitrogens with zero attached hydrogens (tertiary/aromatic N) is 5. The van der Waals surface area contributed by atoms with Gasteiger partial charge in [-0.25, -0.2) is 0 Å². The Morgan fingerprint density at radius 2 is 1.92 bits per heavy atom. The molecule has 0 spiro atoms. The van der Waals surface area contributed by atoms with Crippen molar-refractivity contribution in [1.29, 1.82) is 0 Å². The zero-order chi connectivity index (χ0) is 17.8. The zero-order valence-electron chi connectivity index (χ0n) is 14.8. The summed E-state index contributed by atoms with van der Waals surface area (Å²) in [4.78, 5) is 22.5. The summed E-state index contributed by atoms with van der Waals surface area (Å²) in [6.45, 7) is 3.53. The number of carbonyl (C=O) groups excluding carboxylic acids is 1. The molecular formula is C17H23N5O3. The first-order valence-corrected chi connectivity index (χ1v) is 8.22. The molecule has 0 radical (unpaired) electrons. The maximum absolute atomic E-state index is 12.4. The quantitative estimate of drug-likeness (QED) is 0.799. The van der Waals surface area contributed by atoms with Gasteiger partial charge in [0, 0.05) is 38.8 Å². The zero-order valence-corrected chi connectivity index (χ0v) is 14.8. The summed E-state index contributed by atoms with van der Waals surface area (Å²) in [5.74, 6) is 1.32. The summed E-state index contributed by atoms with van der Waals surface area (Å²) in [5.41, 5.74) is 0.828. The lowest BCUT2D eigenvalue weighted by Gasteiger charge is -2.33.